The first-order valence-electron chi connectivity index (χ1n) is 48.7. The van der Waals surface area contributed by atoms with Gasteiger partial charge in [-0.2, -0.15) is 0 Å². The van der Waals surface area contributed by atoms with Crippen LogP contribution in [-0.4, -0.2) is 256 Å². The summed E-state index contributed by atoms with van der Waals surface area (Å²) in [6.45, 7) is 22.7. The van der Waals surface area contributed by atoms with E-state index in [1.807, 2.05) is 65.0 Å². The van der Waals surface area contributed by atoms with Gasteiger partial charge in [-0.1, -0.05) is 140 Å². The number of aliphatic hydroxyl groups is 1. The molecule has 37 nitrogen and oxygen atoms in total. The molecule has 0 unspecified atom stereocenters. The maximum atomic E-state index is 15.2. The van der Waals surface area contributed by atoms with Crippen LogP contribution in [0, 0.1) is 11.8 Å². The molecule has 0 saturated carbocycles. The van der Waals surface area contributed by atoms with Crippen LogP contribution < -0.4 is 91.4 Å². The Morgan fingerprint density at radius 2 is 1.20 bits per heavy atom. The summed E-state index contributed by atoms with van der Waals surface area (Å²) in [5.41, 5.74) is 14.3. The van der Waals surface area contributed by atoms with E-state index >= 15 is 19.2 Å². The monoisotopic (exact) mass is 1930 g/mol. The van der Waals surface area contributed by atoms with Gasteiger partial charge in [0.2, 0.25) is 41.4 Å². The molecule has 1 aliphatic heterocycles. The second-order valence-electron chi connectivity index (χ2n) is 38.3. The van der Waals surface area contributed by atoms with Crippen molar-refractivity contribution in [1.29, 1.82) is 0 Å². The van der Waals surface area contributed by atoms with Crippen LogP contribution >= 0.6 is 0 Å². The van der Waals surface area contributed by atoms with Gasteiger partial charge < -0.3 is 79.8 Å². The number of carbonyl (C=O) groups excluding carboxylic acids is 17. The maximum absolute atomic E-state index is 15.2. The Labute approximate surface area is 812 Å². The quantitative estimate of drug-likeness (QED) is 0.0171. The third-order valence-corrected chi connectivity index (χ3v) is 25.2. The molecule has 0 fully saturated rings. The van der Waals surface area contributed by atoms with E-state index in [0.717, 1.165) is 23.7 Å². The number of para-hydroxylation sites is 1. The smallest absolute Gasteiger partial charge is 0.245 e. The first-order valence-corrected chi connectivity index (χ1v) is 48.7. The molecule has 0 bridgehead atoms. The van der Waals surface area contributed by atoms with Gasteiger partial charge in [0.15, 0.2) is 57.8 Å². The van der Waals surface area contributed by atoms with Crippen molar-refractivity contribution in [3.8, 4) is 5.75 Å². The fourth-order valence-electron chi connectivity index (χ4n) is 16.0. The van der Waals surface area contributed by atoms with Crippen LogP contribution in [0.4, 0.5) is 0 Å². The van der Waals surface area contributed by atoms with E-state index in [2.05, 4.69) is 85.0 Å². The van der Waals surface area contributed by atoms with Gasteiger partial charge >= 0.3 is 0 Å². The van der Waals surface area contributed by atoms with Gasteiger partial charge in [0.05, 0.1) is 111 Å². The number of aromatic nitrogens is 1. The molecule has 0 saturated heterocycles. The minimum atomic E-state index is -1.79. The van der Waals surface area contributed by atoms with Crippen LogP contribution in [-0.2, 0) is 101 Å². The topological polar surface area (TPSA) is 579 Å². The lowest BCUT2D eigenvalue weighted by molar-refractivity contribution is -0.137. The Balaban J connectivity index is 1.51. The first kappa shape index (κ1) is 118. The van der Waals surface area contributed by atoms with Gasteiger partial charge in [-0.3, -0.25) is 97.5 Å². The molecule has 2 heterocycles. The zero-order valence-electron chi connectivity index (χ0n) is 83.4. The number of aromatic hydroxyl groups is 1. The molecule has 1 aliphatic rings. The summed E-state index contributed by atoms with van der Waals surface area (Å²) in [7, 11) is 0. The van der Waals surface area contributed by atoms with E-state index in [9.17, 15) is 72.5 Å². The van der Waals surface area contributed by atoms with Crippen LogP contribution in [0.15, 0.2) is 97.2 Å². The zero-order chi connectivity index (χ0) is 103. The Morgan fingerprint density at radius 1 is 0.572 bits per heavy atom. The van der Waals surface area contributed by atoms with E-state index in [1.54, 1.807) is 75.5 Å². The second kappa shape index (κ2) is 59.7. The summed E-state index contributed by atoms with van der Waals surface area (Å²) in [5.74, 6) is -10.4. The molecule has 3 aromatic carbocycles. The molecule has 764 valence electrons. The highest BCUT2D eigenvalue weighted by Gasteiger charge is 2.43. The number of aliphatic hydroxyl groups excluding tert-OH is 1. The fourth-order valence-corrected chi connectivity index (χ4v) is 16.0. The van der Waals surface area contributed by atoms with Crippen LogP contribution in [0.2, 0.25) is 0 Å². The van der Waals surface area contributed by atoms with Gasteiger partial charge in [-0.05, 0) is 180 Å². The van der Waals surface area contributed by atoms with Gasteiger partial charge in [0.1, 0.15) is 35.5 Å². The number of unbranched alkanes of at least 4 members (excludes halogenated alkanes) is 1. The summed E-state index contributed by atoms with van der Waals surface area (Å²) < 4.78 is 0. The average Bonchev–Trinajstić information content (AvgIpc) is 1.63. The molecule has 16 atom stereocenters. The van der Waals surface area contributed by atoms with Crippen molar-refractivity contribution in [2.45, 2.75) is 340 Å². The highest BCUT2D eigenvalue weighted by molar-refractivity contribution is 6.07. The maximum Gasteiger partial charge on any atom is 0.245 e. The Hall–Kier alpha value is -10.7. The number of benzene rings is 3. The second-order valence-corrected chi connectivity index (χ2v) is 38.3. The Morgan fingerprint density at radius 3 is 1.84 bits per heavy atom. The largest absolute Gasteiger partial charge is 0.508 e. The molecular formula is C101H156N18O19. The lowest BCUT2D eigenvalue weighted by Crippen LogP contribution is -2.63. The molecule has 37 heteroatoms. The molecular weight excluding hydrogens is 1770 g/mol. The molecule has 1 aromatic heterocycles. The molecule has 0 spiro atoms. The van der Waals surface area contributed by atoms with Gasteiger partial charge in [0.25, 0.3) is 0 Å². The molecule has 5 rings (SSSR count). The summed E-state index contributed by atoms with van der Waals surface area (Å²) in [5, 5.41) is 60.2. The third kappa shape index (κ3) is 41.0. The van der Waals surface area contributed by atoms with Crippen molar-refractivity contribution in [2.75, 3.05) is 45.9 Å². The number of nitrogens with one attached hydrogen (secondary N) is 16. The van der Waals surface area contributed by atoms with Gasteiger partial charge in [-0.25, -0.2) is 10.9 Å². The number of aromatic amines is 1. The number of amides is 7. The number of hydrogen-bond donors (Lipinski definition) is 20. The van der Waals surface area contributed by atoms with Crippen molar-refractivity contribution < 1.29 is 91.7 Å². The number of Topliss-reactive ketones (excluding diaryl/α,β-unsaturated/α-hetero) is 10. The van der Waals surface area contributed by atoms with Crippen molar-refractivity contribution in [3.63, 3.8) is 0 Å². The van der Waals surface area contributed by atoms with Gasteiger partial charge in [0, 0.05) is 62.9 Å². The van der Waals surface area contributed by atoms with Crippen LogP contribution in [0.5, 0.6) is 5.75 Å². The lowest BCUT2D eigenvalue weighted by atomic mass is 9.86. The molecule has 138 heavy (non-hydrogen) atoms. The SMILES string of the molecule is CCCC[C@H](NCN[C@@H](C)C(=O)CCN[C@@H](C)C(=O)CC(=O)[C@]1(C)CCC/C=C/CCCCCC[C@@](C)(NC(=O)[C@H](Cc2ccccc2)NC(=O)[C@@H](NC(=O)[C@H](CC(C)C)NC(C)=O)[C@@H](C)O)C(=O)CN[C@@H](C)C(=O)CN[C@@H](Cc2ccc(O)cc2)C(=O)N[C@@](C)(Cc2c[nH]c3ccccc23)C(=O)CN[C@@H](C)C(=O)CC(=O)[C@H](CCC(N)=O)NN[C@@H](CC(C)C)C(=O)N1)C(=O)CN[C@@H](C)C(=O)CN. The summed E-state index contributed by atoms with van der Waals surface area (Å²) in [6.07, 6.45) is 7.77. The van der Waals surface area contributed by atoms with Crippen LogP contribution in [0.1, 0.15) is 243 Å². The summed E-state index contributed by atoms with van der Waals surface area (Å²) >= 11 is 0. The predicted octanol–water partition coefficient (Wildman–Crippen LogP) is 3.43. The van der Waals surface area contributed by atoms with Gasteiger partial charge in [-0.15, -0.1) is 0 Å². The van der Waals surface area contributed by atoms with Crippen LogP contribution in [0.25, 0.3) is 10.9 Å². The number of primary amides is 1. The number of nitrogens with two attached hydrogens (primary N) is 2. The number of allylic oxidation sites excluding steroid dienone is 2. The van der Waals surface area contributed by atoms with E-state index in [-0.39, 0.29) is 125 Å². The van der Waals surface area contributed by atoms with E-state index in [1.165, 1.54) is 60.6 Å². The number of hydrazine groups is 1. The van der Waals surface area contributed by atoms with Crippen molar-refractivity contribution in [1.82, 2.24) is 85.0 Å². The third-order valence-electron chi connectivity index (χ3n) is 25.2. The van der Waals surface area contributed by atoms with E-state index in [0.29, 0.717) is 68.1 Å². The van der Waals surface area contributed by atoms with Crippen molar-refractivity contribution in [2.24, 2.45) is 23.3 Å². The molecule has 7 amide bonds. The molecule has 0 radical (unpaired) electrons. The van der Waals surface area contributed by atoms with Crippen molar-refractivity contribution in [3.05, 3.63) is 114 Å². The number of phenolic OH excluding ortho intramolecular Hbond substituents is 1. The van der Waals surface area contributed by atoms with E-state index < -0.39 is 210 Å². The summed E-state index contributed by atoms with van der Waals surface area (Å²) in [4.78, 5) is 243. The van der Waals surface area contributed by atoms with Crippen molar-refractivity contribution >= 4 is 110 Å². The van der Waals surface area contributed by atoms with E-state index in [4.69, 9.17) is 11.5 Å². The number of rotatable bonds is 43. The molecule has 0 aliphatic carbocycles. The average molecular weight is 1930 g/mol. The Bertz CT molecular complexity index is 4740. The number of phenols is 1. The number of carbonyl (C=O) groups is 17. The lowest BCUT2D eigenvalue weighted by Gasteiger charge is -2.33. The predicted molar refractivity (Wildman–Crippen MR) is 527 cm³/mol. The number of hydrogen-bond acceptors (Lipinski definition) is 29. The highest BCUT2D eigenvalue weighted by atomic mass is 16.3. The standard InChI is InChI=1S/C101H156N18O19/c1-16-17-35-76(88(129)57-105-66(9)86(127)54-102)111-60-110-63(6)82(123)43-46-104-64(7)84(125)52-89(130)99(13)44-30-23-21-19-18-20-22-24-31-45-100(14,115-96(136)80(50-70-32-26-25-27-33-70)113-98(138)93(68(11)120)114-94(134)79(47-61(2)3)112-69(12)121)90(131)58-107-67(10)87(128)56-109-78(49-71-37-39-73(122)40-38-71)95(135)117-101(15,53-72-55-108-75-36-29-28-34-74(72)75)91(132)59-106-65(8)83(124)51-85(126)77(41-42-92(103)133)118-119-81(48-62(4)5)97(137)116-99/h19,21,25-29,32-34,36-40,55,61-68,76-81,93,104-111,118-120,122H,16-18,20,22-24,30-31,35,41-54,56-60,102H2,1-15H3,(H2,103,133)(H,112,121)(H,113,138)(H,114,134)(H,115,136)(H,116,137)(H,117,135)/b21-19+/t63-,64-,65-,66-,67-,68+,76-,77-,78-,79-,80-,81-,93-,99-,100+,101-/m0/s1. The molecule has 22 N–H and O–H groups in total. The fraction of sp³-hybridized carbons (Fsp3) is 0.614. The normalized spacial score (nSPS) is 22.8. The molecule has 4 aromatic rings. The minimum Gasteiger partial charge on any atom is -0.508 e. The minimum absolute atomic E-state index is 0.0158. The number of fused-ring (bicyclic) bond motifs is 1. The number of H-pyrrole nitrogens is 1. The summed E-state index contributed by atoms with van der Waals surface area (Å²) in [6, 6.07) is 8.99. The Kier molecular flexibility index (Phi) is 50.9. The zero-order valence-corrected chi connectivity index (χ0v) is 83.4. The highest BCUT2D eigenvalue weighted by Crippen LogP contribution is 2.27. The number of ketones is 10. The van der Waals surface area contributed by atoms with Crippen LogP contribution in [0.3, 0.4) is 0 Å². The first-order chi connectivity index (χ1) is 65.2.